The molecule has 0 aliphatic heterocycles. The number of hydrogen-bond acceptors (Lipinski definition) is 10. The molecule has 2 atom stereocenters. The topological polar surface area (TPSA) is 159 Å². The summed E-state index contributed by atoms with van der Waals surface area (Å²) < 4.78 is 9.41. The van der Waals surface area contributed by atoms with Gasteiger partial charge in [0, 0.05) is 12.8 Å². The molecule has 0 saturated carbocycles. The van der Waals surface area contributed by atoms with Crippen LogP contribution in [0.15, 0.2) is 52.4 Å². The number of Topliss-reactive ketones (excluding diaryl/α,β-unsaturated/α-hetero) is 2. The van der Waals surface area contributed by atoms with Crippen molar-refractivity contribution in [2.75, 3.05) is 0 Å². The fraction of sp³-hybridized carbons (Fsp3) is 0.280. The third-order valence-corrected chi connectivity index (χ3v) is 4.71. The summed E-state index contributed by atoms with van der Waals surface area (Å²) in [7, 11) is 0. The number of carbonyl (C=O) groups excluding carboxylic acids is 4. The zero-order chi connectivity index (χ0) is 26.2. The SMILES string of the molecule is CC(=O)C(Cc1ccc(C)c(OC#N)c1)N=C=O.CC(=O)C(Cc1ccc(OC#N)cc1)N=C=O. The van der Waals surface area contributed by atoms with Crippen LogP contribution in [0.2, 0.25) is 0 Å². The molecule has 0 aliphatic carbocycles. The van der Waals surface area contributed by atoms with Gasteiger partial charge in [-0.25, -0.2) is 9.59 Å². The number of rotatable bonds is 10. The first kappa shape index (κ1) is 28.2. The van der Waals surface area contributed by atoms with Crippen molar-refractivity contribution in [2.45, 2.75) is 45.7 Å². The summed E-state index contributed by atoms with van der Waals surface area (Å²) in [6.45, 7) is 4.55. The van der Waals surface area contributed by atoms with Gasteiger partial charge in [0.1, 0.15) is 23.6 Å². The van der Waals surface area contributed by atoms with Crippen molar-refractivity contribution in [1.29, 1.82) is 10.5 Å². The predicted molar refractivity (Wildman–Crippen MR) is 123 cm³/mol. The van der Waals surface area contributed by atoms with Gasteiger partial charge >= 0.3 is 0 Å². The largest absolute Gasteiger partial charge is 0.388 e. The average molecular weight is 474 g/mol. The lowest BCUT2D eigenvalue weighted by Gasteiger charge is -2.09. The minimum absolute atomic E-state index is 0.189. The van der Waals surface area contributed by atoms with E-state index in [1.165, 1.54) is 26.0 Å². The number of nitrogens with zero attached hydrogens (tertiary/aromatic N) is 4. The van der Waals surface area contributed by atoms with Crippen molar-refractivity contribution in [3.05, 3.63) is 59.2 Å². The van der Waals surface area contributed by atoms with Crippen molar-refractivity contribution >= 4 is 23.7 Å². The Kier molecular flexibility index (Phi) is 12.1. The number of benzene rings is 2. The van der Waals surface area contributed by atoms with Gasteiger partial charge < -0.3 is 9.47 Å². The Morgan fingerprint density at radius 1 is 0.829 bits per heavy atom. The molecule has 0 bridgehead atoms. The summed E-state index contributed by atoms with van der Waals surface area (Å²) in [5.74, 6) is 0.467. The maximum atomic E-state index is 11.3. The summed E-state index contributed by atoms with van der Waals surface area (Å²) in [6.07, 6.45) is 6.55. The standard InChI is InChI=1S/C13H12N2O3.C12H10N2O3/c1-9-3-4-11(6-13(9)18-7-14)5-12(10(2)17)15-8-16;1-9(16)12(14-8-15)6-10-2-4-11(5-3-10)17-7-13/h3-4,6,12H,5H2,1-2H3;2-5,12H,6H2,1H3. The smallest absolute Gasteiger partial charge is 0.292 e. The van der Waals surface area contributed by atoms with Crippen LogP contribution in [0.4, 0.5) is 0 Å². The zero-order valence-corrected chi connectivity index (χ0v) is 19.3. The Hall–Kier alpha value is -4.88. The monoisotopic (exact) mass is 474 g/mol. The first-order chi connectivity index (χ1) is 16.7. The van der Waals surface area contributed by atoms with Gasteiger partial charge in [0.25, 0.3) is 12.5 Å². The summed E-state index contributed by atoms with van der Waals surface area (Å²) in [4.78, 5) is 49.7. The van der Waals surface area contributed by atoms with Gasteiger partial charge in [-0.1, -0.05) is 24.3 Å². The second-order valence-electron chi connectivity index (χ2n) is 7.23. The molecule has 0 fully saturated rings. The molecule has 0 N–H and O–H groups in total. The minimum Gasteiger partial charge on any atom is -0.388 e. The molecule has 2 rings (SSSR count). The van der Waals surface area contributed by atoms with E-state index in [1.54, 1.807) is 55.0 Å². The number of ketones is 2. The van der Waals surface area contributed by atoms with E-state index in [4.69, 9.17) is 15.3 Å². The molecule has 0 aromatic heterocycles. The van der Waals surface area contributed by atoms with Gasteiger partial charge in [-0.3, -0.25) is 9.59 Å². The van der Waals surface area contributed by atoms with Crippen molar-refractivity contribution in [3.8, 4) is 24.0 Å². The number of aryl methyl sites for hydroxylation is 1. The quantitative estimate of drug-likeness (QED) is 0.288. The summed E-state index contributed by atoms with van der Waals surface area (Å²) >= 11 is 0. The van der Waals surface area contributed by atoms with E-state index < -0.39 is 12.1 Å². The Morgan fingerprint density at radius 2 is 1.31 bits per heavy atom. The van der Waals surface area contributed by atoms with Gasteiger partial charge in [0.05, 0.1) is 0 Å². The first-order valence-corrected chi connectivity index (χ1v) is 10.2. The molecule has 2 unspecified atom stereocenters. The molecule has 0 spiro atoms. The van der Waals surface area contributed by atoms with Gasteiger partial charge in [-0.2, -0.15) is 9.98 Å². The lowest BCUT2D eigenvalue weighted by atomic mass is 10.0. The summed E-state index contributed by atoms with van der Waals surface area (Å²) in [6, 6.07) is 10.5. The van der Waals surface area contributed by atoms with E-state index in [-0.39, 0.29) is 18.0 Å². The highest BCUT2D eigenvalue weighted by atomic mass is 16.5. The molecule has 0 aliphatic rings. The van der Waals surface area contributed by atoms with Crippen LogP contribution in [0.5, 0.6) is 11.5 Å². The average Bonchev–Trinajstić information content (AvgIpc) is 2.82. The number of aliphatic imine (C=N–C) groups is 2. The molecule has 2 aromatic carbocycles. The molecule has 0 saturated heterocycles. The van der Waals surface area contributed by atoms with Crippen LogP contribution in [-0.4, -0.2) is 35.8 Å². The van der Waals surface area contributed by atoms with E-state index >= 15 is 0 Å². The number of hydrogen-bond donors (Lipinski definition) is 0. The highest BCUT2D eigenvalue weighted by Crippen LogP contribution is 2.21. The Balaban J connectivity index is 0.000000351. The van der Waals surface area contributed by atoms with Gasteiger partial charge in [0.2, 0.25) is 12.2 Å². The van der Waals surface area contributed by atoms with E-state index in [0.29, 0.717) is 17.9 Å². The first-order valence-electron chi connectivity index (χ1n) is 10.2. The third-order valence-electron chi connectivity index (χ3n) is 4.71. The van der Waals surface area contributed by atoms with Crippen LogP contribution in [0.1, 0.15) is 30.5 Å². The van der Waals surface area contributed by atoms with Crippen molar-refractivity contribution in [1.82, 2.24) is 0 Å². The zero-order valence-electron chi connectivity index (χ0n) is 19.3. The van der Waals surface area contributed by atoms with Crippen LogP contribution in [0.3, 0.4) is 0 Å². The Bertz CT molecular complexity index is 1210. The van der Waals surface area contributed by atoms with Crippen molar-refractivity contribution < 1.29 is 28.7 Å². The second-order valence-corrected chi connectivity index (χ2v) is 7.23. The molecule has 35 heavy (non-hydrogen) atoms. The number of ether oxygens (including phenoxy) is 2. The normalized spacial score (nSPS) is 10.9. The van der Waals surface area contributed by atoms with Crippen LogP contribution >= 0.6 is 0 Å². The lowest BCUT2D eigenvalue weighted by molar-refractivity contribution is -0.118. The molecule has 0 amide bonds. The van der Waals surface area contributed by atoms with E-state index in [0.717, 1.165) is 16.7 Å². The van der Waals surface area contributed by atoms with Crippen LogP contribution < -0.4 is 9.47 Å². The van der Waals surface area contributed by atoms with E-state index in [1.807, 2.05) is 6.92 Å². The molecular weight excluding hydrogens is 452 g/mol. The number of nitriles is 2. The molecule has 10 heteroatoms. The predicted octanol–water partition coefficient (Wildman–Crippen LogP) is 3.07. The highest BCUT2D eigenvalue weighted by Gasteiger charge is 2.15. The van der Waals surface area contributed by atoms with Crippen molar-refractivity contribution in [2.24, 2.45) is 9.98 Å². The summed E-state index contributed by atoms with van der Waals surface area (Å²) in [5.41, 5.74) is 2.41. The molecule has 0 radical (unpaired) electrons. The molecule has 178 valence electrons. The lowest BCUT2D eigenvalue weighted by Crippen LogP contribution is -2.18. The Labute approximate surface area is 202 Å². The van der Waals surface area contributed by atoms with Crippen LogP contribution in [-0.2, 0) is 32.0 Å². The molecule has 2 aromatic rings. The summed E-state index contributed by atoms with van der Waals surface area (Å²) in [5, 5.41) is 16.8. The fourth-order valence-corrected chi connectivity index (χ4v) is 2.81. The van der Waals surface area contributed by atoms with Crippen LogP contribution in [0, 0.1) is 30.0 Å². The van der Waals surface area contributed by atoms with Gasteiger partial charge in [-0.15, -0.1) is 10.5 Å². The second kappa shape index (κ2) is 15.0. The Morgan fingerprint density at radius 3 is 1.77 bits per heavy atom. The molecular formula is C25H22N4O6. The van der Waals surface area contributed by atoms with Crippen molar-refractivity contribution in [3.63, 3.8) is 0 Å². The van der Waals surface area contributed by atoms with Gasteiger partial charge in [0.15, 0.2) is 11.6 Å². The maximum absolute atomic E-state index is 11.3. The minimum atomic E-state index is -0.736. The number of carbonyl (C=O) groups is 2. The fourth-order valence-electron chi connectivity index (χ4n) is 2.81. The molecule has 0 heterocycles. The van der Waals surface area contributed by atoms with Crippen LogP contribution in [0.25, 0.3) is 0 Å². The van der Waals surface area contributed by atoms with E-state index in [2.05, 4.69) is 14.7 Å². The molecule has 10 nitrogen and oxygen atoms in total. The highest BCUT2D eigenvalue weighted by molar-refractivity contribution is 5.83. The maximum Gasteiger partial charge on any atom is 0.292 e. The van der Waals surface area contributed by atoms with Gasteiger partial charge in [-0.05, 0) is 55.7 Å². The van der Waals surface area contributed by atoms with E-state index in [9.17, 15) is 19.2 Å². The number of isocyanates is 2. The third kappa shape index (κ3) is 10.1.